The van der Waals surface area contributed by atoms with E-state index in [-0.39, 0.29) is 18.4 Å². The molecule has 0 aliphatic carbocycles. The van der Waals surface area contributed by atoms with E-state index in [1.54, 1.807) is 36.4 Å². The lowest BCUT2D eigenvalue weighted by molar-refractivity contribution is 0.217. The normalized spacial score (nSPS) is 18.4. The lowest BCUT2D eigenvalue weighted by Gasteiger charge is -2.39. The lowest BCUT2D eigenvalue weighted by Crippen LogP contribution is -2.39. The molecule has 2 aliphatic heterocycles. The maximum atomic E-state index is 15.3. The van der Waals surface area contributed by atoms with Crippen LogP contribution in [0, 0.1) is 11.9 Å². The molecule has 2 N–H and O–H groups in total. The Labute approximate surface area is 193 Å². The molecule has 6 nitrogen and oxygen atoms in total. The maximum absolute atomic E-state index is 15.3. The van der Waals surface area contributed by atoms with Gasteiger partial charge in [-0.1, -0.05) is 36.4 Å². The second-order valence-corrected chi connectivity index (χ2v) is 8.10. The number of halogens is 2. The summed E-state index contributed by atoms with van der Waals surface area (Å²) in [5, 5.41) is 0. The SMILES string of the molecule is NC1=N[C@@]2(CCO1)c1cc(-c3cccnc3F)ccc1Oc1c2cc(-c2ccccc2)nc1F. The van der Waals surface area contributed by atoms with Gasteiger partial charge in [0.2, 0.25) is 5.95 Å². The molecular formula is C26H18F2N4O2. The van der Waals surface area contributed by atoms with E-state index in [4.69, 9.17) is 15.2 Å². The molecule has 1 spiro atoms. The number of hydrogen-bond donors (Lipinski definition) is 1. The summed E-state index contributed by atoms with van der Waals surface area (Å²) in [6, 6.07) is 19.5. The Morgan fingerprint density at radius 3 is 2.53 bits per heavy atom. The number of aromatic nitrogens is 2. The Balaban J connectivity index is 1.61. The number of rotatable bonds is 2. The van der Waals surface area contributed by atoms with E-state index in [0.29, 0.717) is 40.1 Å². The molecule has 0 bridgehead atoms. The van der Waals surface area contributed by atoms with Crippen molar-refractivity contribution in [3.63, 3.8) is 0 Å². The molecule has 2 aromatic heterocycles. The summed E-state index contributed by atoms with van der Waals surface area (Å²) >= 11 is 0. The van der Waals surface area contributed by atoms with E-state index in [0.717, 1.165) is 5.56 Å². The summed E-state index contributed by atoms with van der Waals surface area (Å²) in [7, 11) is 0. The van der Waals surface area contributed by atoms with Crippen LogP contribution in [0.3, 0.4) is 0 Å². The van der Waals surface area contributed by atoms with E-state index < -0.39 is 17.4 Å². The van der Waals surface area contributed by atoms with Crippen molar-refractivity contribution in [1.82, 2.24) is 9.97 Å². The Morgan fingerprint density at radius 2 is 1.74 bits per heavy atom. The summed E-state index contributed by atoms with van der Waals surface area (Å²) in [4.78, 5) is 12.6. The van der Waals surface area contributed by atoms with E-state index in [1.165, 1.54) is 6.20 Å². The Morgan fingerprint density at radius 1 is 0.882 bits per heavy atom. The van der Waals surface area contributed by atoms with Crippen molar-refractivity contribution in [3.05, 3.63) is 95.9 Å². The highest BCUT2D eigenvalue weighted by atomic mass is 19.1. The molecule has 34 heavy (non-hydrogen) atoms. The molecule has 0 fully saturated rings. The quantitative estimate of drug-likeness (QED) is 0.421. The van der Waals surface area contributed by atoms with Gasteiger partial charge in [-0.15, -0.1) is 0 Å². The van der Waals surface area contributed by atoms with Crippen molar-refractivity contribution in [2.45, 2.75) is 12.0 Å². The molecule has 0 saturated carbocycles. The smallest absolute Gasteiger partial charge is 0.283 e. The van der Waals surface area contributed by atoms with Crippen LogP contribution in [0.15, 0.2) is 77.9 Å². The van der Waals surface area contributed by atoms with E-state index in [1.807, 2.05) is 30.3 Å². The molecule has 1 atom stereocenters. The van der Waals surface area contributed by atoms with Crippen LogP contribution in [-0.2, 0) is 10.3 Å². The first-order valence-electron chi connectivity index (χ1n) is 10.7. The van der Waals surface area contributed by atoms with Crippen LogP contribution in [0.4, 0.5) is 8.78 Å². The van der Waals surface area contributed by atoms with Gasteiger partial charge in [-0.2, -0.15) is 8.78 Å². The molecule has 0 amide bonds. The van der Waals surface area contributed by atoms with Gasteiger partial charge in [0.15, 0.2) is 5.75 Å². The fraction of sp³-hybridized carbons (Fsp3) is 0.115. The minimum absolute atomic E-state index is 0.00839. The average Bonchev–Trinajstić information content (AvgIpc) is 2.86. The first-order valence-corrected chi connectivity index (χ1v) is 10.7. The Hall–Kier alpha value is -4.33. The first kappa shape index (κ1) is 20.3. The van der Waals surface area contributed by atoms with Gasteiger partial charge in [-0.05, 0) is 35.9 Å². The van der Waals surface area contributed by atoms with Crippen molar-refractivity contribution in [3.8, 4) is 33.9 Å². The molecular weight excluding hydrogens is 438 g/mol. The van der Waals surface area contributed by atoms with Gasteiger partial charge in [0.25, 0.3) is 12.0 Å². The molecule has 4 heterocycles. The zero-order chi connectivity index (χ0) is 23.3. The molecule has 2 aliphatic rings. The summed E-state index contributed by atoms with van der Waals surface area (Å²) in [6.07, 6.45) is 1.77. The number of nitrogens with zero attached hydrogens (tertiary/aromatic N) is 3. The van der Waals surface area contributed by atoms with Crippen LogP contribution in [0.1, 0.15) is 17.5 Å². The second-order valence-electron chi connectivity index (χ2n) is 8.10. The Kier molecular flexibility index (Phi) is 4.55. The van der Waals surface area contributed by atoms with Gasteiger partial charge in [0.1, 0.15) is 11.3 Å². The minimum atomic E-state index is -1.09. The third-order valence-electron chi connectivity index (χ3n) is 6.17. The van der Waals surface area contributed by atoms with Crippen molar-refractivity contribution < 1.29 is 18.3 Å². The van der Waals surface area contributed by atoms with Gasteiger partial charge in [-0.3, -0.25) is 0 Å². The predicted molar refractivity (Wildman–Crippen MR) is 122 cm³/mol. The highest BCUT2D eigenvalue weighted by Gasteiger charge is 2.46. The predicted octanol–water partition coefficient (Wildman–Crippen LogP) is 5.17. The largest absolute Gasteiger partial charge is 0.465 e. The molecule has 0 unspecified atom stereocenters. The highest BCUT2D eigenvalue weighted by molar-refractivity contribution is 5.77. The number of ether oxygens (including phenoxy) is 2. The summed E-state index contributed by atoms with van der Waals surface area (Å²) in [5.41, 5.74) is 8.17. The topological polar surface area (TPSA) is 82.6 Å². The van der Waals surface area contributed by atoms with Crippen LogP contribution in [0.25, 0.3) is 22.4 Å². The number of nitrogens with two attached hydrogens (primary N) is 1. The number of aliphatic imine (C=N–C) groups is 1. The molecule has 0 saturated heterocycles. The zero-order valence-corrected chi connectivity index (χ0v) is 17.8. The van der Waals surface area contributed by atoms with Crippen LogP contribution < -0.4 is 10.5 Å². The number of pyridine rings is 2. The zero-order valence-electron chi connectivity index (χ0n) is 17.8. The van der Waals surface area contributed by atoms with E-state index >= 15 is 4.39 Å². The molecule has 2 aromatic carbocycles. The summed E-state index contributed by atoms with van der Waals surface area (Å²) in [5.74, 6) is -0.952. The number of benzene rings is 2. The molecule has 4 aromatic rings. The maximum Gasteiger partial charge on any atom is 0.283 e. The van der Waals surface area contributed by atoms with Crippen molar-refractivity contribution >= 4 is 6.02 Å². The van der Waals surface area contributed by atoms with Crippen molar-refractivity contribution in [2.24, 2.45) is 10.7 Å². The van der Waals surface area contributed by atoms with Crippen LogP contribution in [0.2, 0.25) is 0 Å². The standard InChI is InChI=1S/C26H18F2N4O2/c27-23-17(7-4-11-30-23)16-8-9-21-18(13-16)26(10-12-33-25(29)32-26)19-14-20(15-5-2-1-3-6-15)31-24(28)22(19)34-21/h1-9,11,13-14H,10,12H2,(H2,29,32)/t26-/m0/s1. The lowest BCUT2D eigenvalue weighted by atomic mass is 9.77. The van der Waals surface area contributed by atoms with Gasteiger partial charge >= 0.3 is 0 Å². The summed E-state index contributed by atoms with van der Waals surface area (Å²) in [6.45, 7) is 0.268. The highest BCUT2D eigenvalue weighted by Crippen LogP contribution is 2.53. The first-order chi connectivity index (χ1) is 16.5. The van der Waals surface area contributed by atoms with Gasteiger partial charge < -0.3 is 15.2 Å². The molecule has 168 valence electrons. The number of fused-ring (bicyclic) bond motifs is 4. The number of hydrogen-bond acceptors (Lipinski definition) is 6. The fourth-order valence-electron chi connectivity index (χ4n) is 4.60. The molecule has 0 radical (unpaired) electrons. The van der Waals surface area contributed by atoms with E-state index in [2.05, 4.69) is 15.0 Å². The second kappa shape index (κ2) is 7.62. The fourth-order valence-corrected chi connectivity index (χ4v) is 4.60. The van der Waals surface area contributed by atoms with Gasteiger partial charge in [0, 0.05) is 34.9 Å². The molecule has 6 rings (SSSR count). The van der Waals surface area contributed by atoms with Gasteiger partial charge in [-0.25, -0.2) is 15.0 Å². The monoisotopic (exact) mass is 456 g/mol. The average molecular weight is 456 g/mol. The van der Waals surface area contributed by atoms with Crippen LogP contribution in [0.5, 0.6) is 11.5 Å². The molecule has 8 heteroatoms. The Bertz CT molecular complexity index is 1460. The van der Waals surface area contributed by atoms with Crippen LogP contribution in [-0.4, -0.2) is 22.6 Å². The van der Waals surface area contributed by atoms with E-state index in [9.17, 15) is 4.39 Å². The van der Waals surface area contributed by atoms with Gasteiger partial charge in [0.05, 0.1) is 12.3 Å². The van der Waals surface area contributed by atoms with Crippen molar-refractivity contribution in [1.29, 1.82) is 0 Å². The van der Waals surface area contributed by atoms with Crippen molar-refractivity contribution in [2.75, 3.05) is 6.61 Å². The minimum Gasteiger partial charge on any atom is -0.465 e. The third-order valence-corrected chi connectivity index (χ3v) is 6.17. The number of amidine groups is 1. The third kappa shape index (κ3) is 3.10. The van der Waals surface area contributed by atoms with Crippen LogP contribution >= 0.6 is 0 Å². The summed E-state index contributed by atoms with van der Waals surface area (Å²) < 4.78 is 41.2.